The van der Waals surface area contributed by atoms with E-state index in [-0.39, 0.29) is 5.91 Å². The quantitative estimate of drug-likeness (QED) is 0.815. The van der Waals surface area contributed by atoms with Crippen molar-refractivity contribution in [3.63, 3.8) is 0 Å². The van der Waals surface area contributed by atoms with Crippen LogP contribution in [0.1, 0.15) is 25.3 Å². The van der Waals surface area contributed by atoms with E-state index in [0.717, 1.165) is 39.1 Å². The van der Waals surface area contributed by atoms with Crippen molar-refractivity contribution in [3.05, 3.63) is 35.9 Å². The van der Waals surface area contributed by atoms with Crippen LogP contribution in [0.25, 0.3) is 0 Å². The van der Waals surface area contributed by atoms with E-state index in [2.05, 4.69) is 29.2 Å². The molecule has 2 rings (SSSR count). The Kier molecular flexibility index (Phi) is 4.76. The second kappa shape index (κ2) is 6.55. The fourth-order valence-electron chi connectivity index (χ4n) is 2.44. The van der Waals surface area contributed by atoms with E-state index in [9.17, 15) is 4.79 Å². The molecule has 0 aliphatic carbocycles. The first-order valence-electron chi connectivity index (χ1n) is 6.83. The molecule has 1 aliphatic heterocycles. The molecule has 1 heterocycles. The van der Waals surface area contributed by atoms with Crippen LogP contribution in [0.15, 0.2) is 30.3 Å². The van der Waals surface area contributed by atoms with Crippen molar-refractivity contribution in [1.82, 2.24) is 9.80 Å². The lowest BCUT2D eigenvalue weighted by molar-refractivity contribution is -0.130. The molecular weight excluding hydrogens is 224 g/mol. The maximum absolute atomic E-state index is 11.7. The maximum atomic E-state index is 11.7. The molecule has 1 aromatic rings. The van der Waals surface area contributed by atoms with Gasteiger partial charge in [0.2, 0.25) is 5.91 Å². The Morgan fingerprint density at radius 1 is 1.11 bits per heavy atom. The Morgan fingerprint density at radius 2 is 1.89 bits per heavy atom. The molecule has 0 N–H and O–H groups in total. The predicted octanol–water partition coefficient (Wildman–Crippen LogP) is 2.13. The number of hydrogen-bond donors (Lipinski definition) is 0. The van der Waals surface area contributed by atoms with Gasteiger partial charge in [0.15, 0.2) is 0 Å². The lowest BCUT2D eigenvalue weighted by Gasteiger charge is -2.21. The van der Waals surface area contributed by atoms with Crippen molar-refractivity contribution < 1.29 is 4.79 Å². The molecule has 18 heavy (non-hydrogen) atoms. The summed E-state index contributed by atoms with van der Waals surface area (Å²) in [6.07, 6.45) is 1.71. The minimum absolute atomic E-state index is 0.288. The van der Waals surface area contributed by atoms with Gasteiger partial charge in [-0.15, -0.1) is 0 Å². The average molecular weight is 246 g/mol. The standard InChI is InChI=1S/C15H22N2O/c1-2-15(18)17-10-6-9-16(11-12-17)13-14-7-4-3-5-8-14/h3-5,7-8H,2,6,9-13H2,1H3. The van der Waals surface area contributed by atoms with E-state index in [1.165, 1.54) is 5.56 Å². The van der Waals surface area contributed by atoms with Gasteiger partial charge in [0.1, 0.15) is 0 Å². The van der Waals surface area contributed by atoms with Crippen LogP contribution in [0.2, 0.25) is 0 Å². The Bertz CT molecular complexity index is 377. The zero-order valence-electron chi connectivity index (χ0n) is 11.1. The van der Waals surface area contributed by atoms with Crippen molar-refractivity contribution in [3.8, 4) is 0 Å². The third-order valence-electron chi connectivity index (χ3n) is 3.49. The first-order valence-corrected chi connectivity index (χ1v) is 6.83. The van der Waals surface area contributed by atoms with Gasteiger partial charge in [0, 0.05) is 39.1 Å². The largest absolute Gasteiger partial charge is 0.341 e. The minimum Gasteiger partial charge on any atom is -0.341 e. The molecule has 0 radical (unpaired) electrons. The van der Waals surface area contributed by atoms with Crippen LogP contribution < -0.4 is 0 Å². The summed E-state index contributed by atoms with van der Waals surface area (Å²) in [5.41, 5.74) is 1.35. The molecule has 0 unspecified atom stereocenters. The first kappa shape index (κ1) is 13.1. The number of rotatable bonds is 3. The molecule has 0 aromatic heterocycles. The molecule has 1 aromatic carbocycles. The summed E-state index contributed by atoms with van der Waals surface area (Å²) in [5, 5.41) is 0. The van der Waals surface area contributed by atoms with Crippen LogP contribution >= 0.6 is 0 Å². The summed E-state index contributed by atoms with van der Waals surface area (Å²) in [4.78, 5) is 16.1. The third kappa shape index (κ3) is 3.57. The fourth-order valence-corrected chi connectivity index (χ4v) is 2.44. The Balaban J connectivity index is 1.87. The van der Waals surface area contributed by atoms with Crippen molar-refractivity contribution >= 4 is 5.91 Å². The molecular formula is C15H22N2O. The average Bonchev–Trinajstić information content (AvgIpc) is 2.65. The number of benzene rings is 1. The van der Waals surface area contributed by atoms with E-state index >= 15 is 0 Å². The summed E-state index contributed by atoms with van der Waals surface area (Å²) < 4.78 is 0. The summed E-state index contributed by atoms with van der Waals surface area (Å²) >= 11 is 0. The van der Waals surface area contributed by atoms with Gasteiger partial charge in [-0.25, -0.2) is 0 Å². The molecule has 3 nitrogen and oxygen atoms in total. The Morgan fingerprint density at radius 3 is 2.61 bits per heavy atom. The normalized spacial score (nSPS) is 17.5. The maximum Gasteiger partial charge on any atom is 0.222 e. The molecule has 1 amide bonds. The van der Waals surface area contributed by atoms with Crippen LogP contribution in [0.4, 0.5) is 0 Å². The zero-order valence-corrected chi connectivity index (χ0v) is 11.1. The summed E-state index contributed by atoms with van der Waals surface area (Å²) in [5.74, 6) is 0.288. The van der Waals surface area contributed by atoms with Crippen molar-refractivity contribution in [2.45, 2.75) is 26.3 Å². The van der Waals surface area contributed by atoms with E-state index in [0.29, 0.717) is 6.42 Å². The molecule has 1 saturated heterocycles. The highest BCUT2D eigenvalue weighted by Crippen LogP contribution is 2.09. The van der Waals surface area contributed by atoms with E-state index in [1.54, 1.807) is 0 Å². The molecule has 0 bridgehead atoms. The second-order valence-corrected chi connectivity index (χ2v) is 4.85. The fraction of sp³-hybridized carbons (Fsp3) is 0.533. The molecule has 3 heteroatoms. The Hall–Kier alpha value is -1.35. The second-order valence-electron chi connectivity index (χ2n) is 4.85. The molecule has 0 spiro atoms. The zero-order chi connectivity index (χ0) is 12.8. The molecule has 1 fully saturated rings. The number of nitrogens with zero attached hydrogens (tertiary/aromatic N) is 2. The van der Waals surface area contributed by atoms with Gasteiger partial charge in [-0.1, -0.05) is 37.3 Å². The Labute approximate surface area is 109 Å². The first-order chi connectivity index (χ1) is 8.79. The van der Waals surface area contributed by atoms with Crippen LogP contribution in [-0.4, -0.2) is 41.9 Å². The monoisotopic (exact) mass is 246 g/mol. The van der Waals surface area contributed by atoms with Gasteiger partial charge in [0.25, 0.3) is 0 Å². The van der Waals surface area contributed by atoms with Gasteiger partial charge in [-0.3, -0.25) is 9.69 Å². The van der Waals surface area contributed by atoms with Crippen LogP contribution in [-0.2, 0) is 11.3 Å². The number of carbonyl (C=O) groups excluding carboxylic acids is 1. The van der Waals surface area contributed by atoms with Gasteiger partial charge < -0.3 is 4.90 Å². The summed E-state index contributed by atoms with van der Waals surface area (Å²) in [6.45, 7) is 6.80. The van der Waals surface area contributed by atoms with Gasteiger partial charge in [-0.2, -0.15) is 0 Å². The number of carbonyl (C=O) groups is 1. The highest BCUT2D eigenvalue weighted by Gasteiger charge is 2.17. The van der Waals surface area contributed by atoms with Crippen LogP contribution in [0.5, 0.6) is 0 Å². The highest BCUT2D eigenvalue weighted by molar-refractivity contribution is 5.75. The van der Waals surface area contributed by atoms with E-state index < -0.39 is 0 Å². The predicted molar refractivity (Wildman–Crippen MR) is 73.2 cm³/mol. The smallest absolute Gasteiger partial charge is 0.222 e. The van der Waals surface area contributed by atoms with Crippen molar-refractivity contribution in [1.29, 1.82) is 0 Å². The van der Waals surface area contributed by atoms with Gasteiger partial charge >= 0.3 is 0 Å². The van der Waals surface area contributed by atoms with Crippen LogP contribution in [0, 0.1) is 0 Å². The van der Waals surface area contributed by atoms with E-state index in [4.69, 9.17) is 0 Å². The van der Waals surface area contributed by atoms with Gasteiger partial charge in [0.05, 0.1) is 0 Å². The summed E-state index contributed by atoms with van der Waals surface area (Å²) in [6, 6.07) is 10.5. The number of amides is 1. The third-order valence-corrected chi connectivity index (χ3v) is 3.49. The topological polar surface area (TPSA) is 23.6 Å². The lowest BCUT2D eigenvalue weighted by atomic mass is 10.2. The SMILES string of the molecule is CCC(=O)N1CCCN(Cc2ccccc2)CC1. The minimum atomic E-state index is 0.288. The van der Waals surface area contributed by atoms with E-state index in [1.807, 2.05) is 17.9 Å². The number of hydrogen-bond acceptors (Lipinski definition) is 2. The molecule has 0 saturated carbocycles. The summed E-state index contributed by atoms with van der Waals surface area (Å²) in [7, 11) is 0. The van der Waals surface area contributed by atoms with Crippen molar-refractivity contribution in [2.75, 3.05) is 26.2 Å². The molecule has 98 valence electrons. The molecule has 1 aliphatic rings. The highest BCUT2D eigenvalue weighted by atomic mass is 16.2. The molecule has 0 atom stereocenters. The van der Waals surface area contributed by atoms with Gasteiger partial charge in [-0.05, 0) is 12.0 Å². The van der Waals surface area contributed by atoms with Crippen LogP contribution in [0.3, 0.4) is 0 Å². The lowest BCUT2D eigenvalue weighted by Crippen LogP contribution is -2.34. The van der Waals surface area contributed by atoms with Crippen molar-refractivity contribution in [2.24, 2.45) is 0 Å².